The molecule has 0 aliphatic heterocycles. The van der Waals surface area contributed by atoms with Crippen molar-refractivity contribution in [3.05, 3.63) is 61.0 Å². The van der Waals surface area contributed by atoms with Crippen LogP contribution >= 0.6 is 31.9 Å². The molecule has 0 fully saturated rings. The number of aromatic nitrogens is 2. The molecule has 0 aliphatic rings. The Balaban J connectivity index is 2.16. The first-order valence-corrected chi connectivity index (χ1v) is 11.5. The molecule has 0 unspecified atom stereocenters. The maximum absolute atomic E-state index is 13.3. The molecule has 0 radical (unpaired) electrons. The summed E-state index contributed by atoms with van der Waals surface area (Å²) in [6.07, 6.45) is 1.55. The van der Waals surface area contributed by atoms with Crippen LogP contribution < -0.4 is 15.0 Å². The largest absolute Gasteiger partial charge is 0.490 e. The minimum Gasteiger partial charge on any atom is -0.490 e. The smallest absolute Gasteiger partial charge is 0.308 e. The number of fused-ring (bicyclic) bond motifs is 1. The SMILES string of the molecule is CCOc1cc(C=Nn2c(C(C)(C)C)nc3ccc(Br)cc3c2=O)cc(Br)c1OC(C)=O. The van der Waals surface area contributed by atoms with Gasteiger partial charge in [-0.2, -0.15) is 9.78 Å². The zero-order valence-corrected chi connectivity index (χ0v) is 21.6. The van der Waals surface area contributed by atoms with E-state index in [4.69, 9.17) is 14.5 Å². The third-order valence-electron chi connectivity index (χ3n) is 4.38. The molecule has 168 valence electrons. The fourth-order valence-corrected chi connectivity index (χ4v) is 3.94. The molecule has 2 aromatic carbocycles. The molecule has 9 heteroatoms. The van der Waals surface area contributed by atoms with Gasteiger partial charge in [0.05, 0.1) is 28.2 Å². The van der Waals surface area contributed by atoms with Crippen molar-refractivity contribution in [2.45, 2.75) is 40.0 Å². The summed E-state index contributed by atoms with van der Waals surface area (Å²) in [5.41, 5.74) is 0.575. The maximum atomic E-state index is 13.3. The number of esters is 1. The Kier molecular flexibility index (Phi) is 7.19. The third kappa shape index (κ3) is 5.27. The molecule has 0 bridgehead atoms. The lowest BCUT2D eigenvalue weighted by Crippen LogP contribution is -2.29. The van der Waals surface area contributed by atoms with Crippen LogP contribution in [0.2, 0.25) is 0 Å². The van der Waals surface area contributed by atoms with Crippen LogP contribution in [0.25, 0.3) is 10.9 Å². The summed E-state index contributed by atoms with van der Waals surface area (Å²) < 4.78 is 13.5. The lowest BCUT2D eigenvalue weighted by molar-refractivity contribution is -0.132. The summed E-state index contributed by atoms with van der Waals surface area (Å²) in [6, 6.07) is 8.83. The highest BCUT2D eigenvalue weighted by atomic mass is 79.9. The van der Waals surface area contributed by atoms with Gasteiger partial charge in [-0.25, -0.2) is 4.98 Å². The van der Waals surface area contributed by atoms with Crippen LogP contribution in [0.15, 0.2) is 49.2 Å². The molecular formula is C23H23Br2N3O4. The molecule has 3 aromatic rings. The van der Waals surface area contributed by atoms with E-state index < -0.39 is 11.4 Å². The van der Waals surface area contributed by atoms with E-state index in [1.165, 1.54) is 11.6 Å². The van der Waals surface area contributed by atoms with E-state index in [2.05, 4.69) is 37.0 Å². The summed E-state index contributed by atoms with van der Waals surface area (Å²) in [5, 5.41) is 4.94. The van der Waals surface area contributed by atoms with Crippen LogP contribution in [0.5, 0.6) is 11.5 Å². The van der Waals surface area contributed by atoms with Gasteiger partial charge in [-0.3, -0.25) is 9.59 Å². The monoisotopic (exact) mass is 563 g/mol. The Morgan fingerprint density at radius 2 is 1.94 bits per heavy atom. The van der Waals surface area contributed by atoms with Gasteiger partial charge in [0.1, 0.15) is 5.82 Å². The molecule has 0 saturated carbocycles. The van der Waals surface area contributed by atoms with Gasteiger partial charge < -0.3 is 9.47 Å². The minimum absolute atomic E-state index is 0.266. The normalized spacial score (nSPS) is 11.8. The molecule has 0 saturated heterocycles. The predicted octanol–water partition coefficient (Wildman–Crippen LogP) is 5.43. The molecule has 7 nitrogen and oxygen atoms in total. The van der Waals surface area contributed by atoms with Gasteiger partial charge in [-0.05, 0) is 58.7 Å². The molecule has 0 amide bonds. The molecule has 32 heavy (non-hydrogen) atoms. The minimum atomic E-state index is -0.456. The van der Waals surface area contributed by atoms with Crippen molar-refractivity contribution >= 4 is 54.9 Å². The molecule has 0 N–H and O–H groups in total. The number of nitrogens with zero attached hydrogens (tertiary/aromatic N) is 3. The first-order valence-electron chi connectivity index (χ1n) is 9.93. The molecule has 1 aromatic heterocycles. The predicted molar refractivity (Wildman–Crippen MR) is 132 cm³/mol. The summed E-state index contributed by atoms with van der Waals surface area (Å²) in [5.74, 6) is 0.765. The molecule has 1 heterocycles. The number of benzene rings is 2. The molecular weight excluding hydrogens is 542 g/mol. The summed E-state index contributed by atoms with van der Waals surface area (Å²) in [7, 11) is 0. The lowest BCUT2D eigenvalue weighted by atomic mass is 9.95. The number of hydrogen-bond donors (Lipinski definition) is 0. The van der Waals surface area contributed by atoms with E-state index in [9.17, 15) is 9.59 Å². The van der Waals surface area contributed by atoms with Gasteiger partial charge in [0, 0.05) is 16.8 Å². The zero-order valence-electron chi connectivity index (χ0n) is 18.4. The second-order valence-electron chi connectivity index (χ2n) is 8.07. The fourth-order valence-electron chi connectivity index (χ4n) is 3.03. The second kappa shape index (κ2) is 9.54. The van der Waals surface area contributed by atoms with Crippen LogP contribution in [0.3, 0.4) is 0 Å². The van der Waals surface area contributed by atoms with Crippen LogP contribution in [0.4, 0.5) is 0 Å². The van der Waals surface area contributed by atoms with Gasteiger partial charge >= 0.3 is 5.97 Å². The second-order valence-corrected chi connectivity index (χ2v) is 9.84. The highest BCUT2D eigenvalue weighted by molar-refractivity contribution is 9.10. The highest BCUT2D eigenvalue weighted by Gasteiger charge is 2.23. The van der Waals surface area contributed by atoms with Crippen molar-refractivity contribution in [2.75, 3.05) is 6.61 Å². The van der Waals surface area contributed by atoms with Gasteiger partial charge in [-0.1, -0.05) is 36.7 Å². The molecule has 3 rings (SSSR count). The highest BCUT2D eigenvalue weighted by Crippen LogP contribution is 2.36. The van der Waals surface area contributed by atoms with Gasteiger partial charge in [0.25, 0.3) is 5.56 Å². The number of rotatable bonds is 5. The summed E-state index contributed by atoms with van der Waals surface area (Å²) in [4.78, 5) is 29.4. The van der Waals surface area contributed by atoms with Crippen molar-refractivity contribution in [1.29, 1.82) is 0 Å². The third-order valence-corrected chi connectivity index (χ3v) is 5.46. The molecule has 0 aliphatic carbocycles. The Hall–Kier alpha value is -2.52. The van der Waals surface area contributed by atoms with E-state index in [1.54, 1.807) is 24.4 Å². The standard InChI is InChI=1S/C23H23Br2N3O4/c1-6-31-19-10-14(9-17(25)20(19)32-13(2)29)12-26-28-21(30)16-11-15(24)7-8-18(16)27-22(28)23(3,4)5/h7-12H,6H2,1-5H3. The van der Waals surface area contributed by atoms with Gasteiger partial charge in [-0.15, -0.1) is 0 Å². The van der Waals surface area contributed by atoms with E-state index in [1.807, 2.05) is 39.8 Å². The average Bonchev–Trinajstić information content (AvgIpc) is 2.69. The van der Waals surface area contributed by atoms with Crippen LogP contribution in [0.1, 0.15) is 46.0 Å². The van der Waals surface area contributed by atoms with E-state index in [0.717, 1.165) is 4.47 Å². The van der Waals surface area contributed by atoms with Crippen molar-refractivity contribution in [1.82, 2.24) is 9.66 Å². The first-order chi connectivity index (χ1) is 15.0. The van der Waals surface area contributed by atoms with Crippen molar-refractivity contribution in [2.24, 2.45) is 5.10 Å². The van der Waals surface area contributed by atoms with E-state index in [-0.39, 0.29) is 5.56 Å². The van der Waals surface area contributed by atoms with E-state index in [0.29, 0.717) is 44.9 Å². The van der Waals surface area contributed by atoms with Crippen LogP contribution in [-0.2, 0) is 10.2 Å². The van der Waals surface area contributed by atoms with Gasteiger partial charge in [0.15, 0.2) is 11.5 Å². The van der Waals surface area contributed by atoms with Crippen molar-refractivity contribution < 1.29 is 14.3 Å². The Morgan fingerprint density at radius 1 is 1.22 bits per heavy atom. The Bertz CT molecular complexity index is 1280. The fraction of sp³-hybridized carbons (Fsp3) is 0.304. The van der Waals surface area contributed by atoms with Gasteiger partial charge in [0.2, 0.25) is 0 Å². The number of ether oxygens (including phenoxy) is 2. The number of carbonyl (C=O) groups excluding carboxylic acids is 1. The zero-order chi connectivity index (χ0) is 23.6. The number of halogens is 2. The van der Waals surface area contributed by atoms with Crippen molar-refractivity contribution in [3.63, 3.8) is 0 Å². The first kappa shape index (κ1) is 24.1. The Labute approximate surface area is 202 Å². The number of hydrogen-bond acceptors (Lipinski definition) is 6. The van der Waals surface area contributed by atoms with Crippen LogP contribution in [0, 0.1) is 0 Å². The molecule has 0 spiro atoms. The summed E-state index contributed by atoms with van der Waals surface area (Å²) >= 11 is 6.83. The van der Waals surface area contributed by atoms with Crippen LogP contribution in [-0.4, -0.2) is 28.5 Å². The van der Waals surface area contributed by atoms with E-state index >= 15 is 0 Å². The Morgan fingerprint density at radius 3 is 2.56 bits per heavy atom. The lowest BCUT2D eigenvalue weighted by Gasteiger charge is -2.21. The number of carbonyl (C=O) groups is 1. The quantitative estimate of drug-likeness (QED) is 0.234. The summed E-state index contributed by atoms with van der Waals surface area (Å²) in [6.45, 7) is 9.47. The van der Waals surface area contributed by atoms with Crippen molar-refractivity contribution in [3.8, 4) is 11.5 Å². The topological polar surface area (TPSA) is 82.8 Å². The maximum Gasteiger partial charge on any atom is 0.308 e. The average molecular weight is 565 g/mol. The molecule has 0 atom stereocenters.